The van der Waals surface area contributed by atoms with E-state index in [0.29, 0.717) is 29.9 Å². The van der Waals surface area contributed by atoms with Gasteiger partial charge in [-0.3, -0.25) is 4.79 Å². The Kier molecular flexibility index (Phi) is 12.4. The molecule has 11 nitrogen and oxygen atoms in total. The molecule has 0 unspecified atom stereocenters. The lowest BCUT2D eigenvalue weighted by Crippen LogP contribution is -2.56. The molecule has 5 N–H and O–H groups in total. The van der Waals surface area contributed by atoms with Crippen LogP contribution in [-0.2, 0) is 34.2 Å². The fraction of sp³-hybridized carbons (Fsp3) is 0.533. The van der Waals surface area contributed by atoms with E-state index in [9.17, 15) is 33.1 Å². The van der Waals surface area contributed by atoms with Gasteiger partial charge >= 0.3 is 6.09 Å². The van der Waals surface area contributed by atoms with Crippen LogP contribution in [0.3, 0.4) is 0 Å². The Morgan fingerprint density at radius 3 is 2.36 bits per heavy atom. The molecule has 2 aromatic rings. The van der Waals surface area contributed by atoms with Crippen molar-refractivity contribution in [2.45, 2.75) is 88.4 Å². The lowest BCUT2D eigenvalue weighted by molar-refractivity contribution is -0.125. The van der Waals surface area contributed by atoms with Gasteiger partial charge in [0.05, 0.1) is 17.0 Å². The number of carbonyl (C=O) groups excluding carboxylic acids is 1. The summed E-state index contributed by atoms with van der Waals surface area (Å²) in [5, 5.41) is 28.4. The highest BCUT2D eigenvalue weighted by Gasteiger charge is 2.31. The van der Waals surface area contributed by atoms with E-state index in [1.807, 2.05) is 37.3 Å². The number of benzene rings is 2. The Hall–Kier alpha value is -3.35. The van der Waals surface area contributed by atoms with Crippen molar-refractivity contribution < 1.29 is 28.2 Å². The zero-order chi connectivity index (χ0) is 30.7. The van der Waals surface area contributed by atoms with Crippen molar-refractivity contribution in [3.63, 3.8) is 0 Å². The number of rotatable bonds is 16. The van der Waals surface area contributed by atoms with Crippen LogP contribution in [0.25, 0.3) is 0 Å². The van der Waals surface area contributed by atoms with Crippen molar-refractivity contribution in [2.24, 2.45) is 17.0 Å². The highest BCUT2D eigenvalue weighted by atomic mass is 32.2. The first-order valence-corrected chi connectivity index (χ1v) is 15.9. The average molecular weight is 603 g/mol. The summed E-state index contributed by atoms with van der Waals surface area (Å²) in [5.41, 5.74) is 2.04. The fourth-order valence-electron chi connectivity index (χ4n) is 5.43. The summed E-state index contributed by atoms with van der Waals surface area (Å²) in [7, 11) is -4.07. The molecule has 230 valence electrons. The van der Waals surface area contributed by atoms with Gasteiger partial charge in [0.15, 0.2) is 0 Å². The maximum Gasteiger partial charge on any atom is 0.405 e. The van der Waals surface area contributed by atoms with Crippen LogP contribution in [0.4, 0.5) is 4.79 Å². The second-order valence-electron chi connectivity index (χ2n) is 11.1. The SMILES string of the molecule is CC[C@H](C)[C@H](NC(=O)O)C(=O)N[C@@H](Cc1ccccc1)[C@H](O)CNS(=O)(=O)c1ccc(CN=O)cc1CC1CCCC1. The predicted octanol–water partition coefficient (Wildman–Crippen LogP) is 3.73. The number of hydrogen-bond acceptors (Lipinski definition) is 7. The lowest BCUT2D eigenvalue weighted by atomic mass is 9.96. The van der Waals surface area contributed by atoms with Crippen molar-refractivity contribution in [3.05, 3.63) is 70.1 Å². The van der Waals surface area contributed by atoms with Gasteiger partial charge in [-0.2, -0.15) is 4.91 Å². The Bertz CT molecular complexity index is 1300. The Morgan fingerprint density at radius 1 is 1.05 bits per heavy atom. The smallest absolute Gasteiger partial charge is 0.405 e. The van der Waals surface area contributed by atoms with Gasteiger partial charge in [0.1, 0.15) is 12.6 Å². The first-order valence-electron chi connectivity index (χ1n) is 14.5. The first kappa shape index (κ1) is 33.2. The molecule has 3 rings (SSSR count). The quantitative estimate of drug-likeness (QED) is 0.182. The number of sulfonamides is 1. The molecule has 0 radical (unpaired) electrons. The minimum atomic E-state index is -4.07. The van der Waals surface area contributed by atoms with E-state index in [4.69, 9.17) is 0 Å². The Morgan fingerprint density at radius 2 is 1.74 bits per heavy atom. The minimum absolute atomic E-state index is 0.0562. The topological polar surface area (TPSA) is 174 Å². The molecule has 0 heterocycles. The third kappa shape index (κ3) is 9.60. The van der Waals surface area contributed by atoms with Crippen molar-refractivity contribution in [1.82, 2.24) is 15.4 Å². The fourth-order valence-corrected chi connectivity index (χ4v) is 6.71. The zero-order valence-electron chi connectivity index (χ0n) is 24.2. The Balaban J connectivity index is 1.81. The van der Waals surface area contributed by atoms with Gasteiger partial charge in [0.25, 0.3) is 0 Å². The van der Waals surface area contributed by atoms with Crippen molar-refractivity contribution >= 4 is 22.0 Å². The number of amides is 2. The normalized spacial score (nSPS) is 16.7. The van der Waals surface area contributed by atoms with E-state index in [1.54, 1.807) is 19.1 Å². The monoisotopic (exact) mass is 602 g/mol. The maximum atomic E-state index is 13.5. The first-order chi connectivity index (χ1) is 20.0. The van der Waals surface area contributed by atoms with Crippen LogP contribution in [0.1, 0.15) is 62.6 Å². The number of carboxylic acid groups (broad SMARTS) is 1. The molecule has 1 aliphatic carbocycles. The summed E-state index contributed by atoms with van der Waals surface area (Å²) >= 11 is 0. The minimum Gasteiger partial charge on any atom is -0.465 e. The molecule has 4 atom stereocenters. The molecule has 12 heteroatoms. The van der Waals surface area contributed by atoms with Crippen LogP contribution in [0.15, 0.2) is 58.6 Å². The molecule has 2 amide bonds. The number of nitroso groups, excluding NO2 is 1. The van der Waals surface area contributed by atoms with Crippen LogP contribution in [0.5, 0.6) is 0 Å². The third-order valence-corrected chi connectivity index (χ3v) is 9.52. The van der Waals surface area contributed by atoms with E-state index in [0.717, 1.165) is 31.2 Å². The van der Waals surface area contributed by atoms with E-state index >= 15 is 0 Å². The summed E-state index contributed by atoms with van der Waals surface area (Å²) < 4.78 is 29.5. The van der Waals surface area contributed by atoms with Gasteiger partial charge in [-0.15, -0.1) is 0 Å². The number of aliphatic hydroxyl groups is 1. The number of aliphatic hydroxyl groups excluding tert-OH is 1. The molecule has 0 aromatic heterocycles. The summed E-state index contributed by atoms with van der Waals surface area (Å²) in [5.74, 6) is -0.565. The average Bonchev–Trinajstić information content (AvgIpc) is 3.47. The molecule has 1 fully saturated rings. The van der Waals surface area contributed by atoms with Crippen molar-refractivity contribution in [2.75, 3.05) is 6.54 Å². The molecule has 0 saturated heterocycles. The summed E-state index contributed by atoms with van der Waals surface area (Å²) in [6.07, 6.45) is 2.84. The highest BCUT2D eigenvalue weighted by Crippen LogP contribution is 2.31. The third-order valence-electron chi connectivity index (χ3n) is 7.99. The van der Waals surface area contributed by atoms with Gasteiger partial charge in [-0.25, -0.2) is 17.9 Å². The molecule has 2 aromatic carbocycles. The molecule has 1 saturated carbocycles. The Labute approximate surface area is 247 Å². The van der Waals surface area contributed by atoms with Gasteiger partial charge in [0, 0.05) is 6.54 Å². The van der Waals surface area contributed by atoms with Crippen LogP contribution in [0, 0.1) is 16.7 Å². The predicted molar refractivity (Wildman–Crippen MR) is 159 cm³/mol. The van der Waals surface area contributed by atoms with E-state index in [1.165, 1.54) is 6.07 Å². The summed E-state index contributed by atoms with van der Waals surface area (Å²) in [4.78, 5) is 35.5. The number of hydrogen-bond donors (Lipinski definition) is 5. The molecule has 42 heavy (non-hydrogen) atoms. The van der Waals surface area contributed by atoms with Gasteiger partial charge in [-0.1, -0.05) is 93.6 Å². The van der Waals surface area contributed by atoms with Gasteiger partial charge < -0.3 is 20.8 Å². The van der Waals surface area contributed by atoms with Gasteiger partial charge in [-0.05, 0) is 47.4 Å². The number of carbonyl (C=O) groups is 2. The lowest BCUT2D eigenvalue weighted by Gasteiger charge is -2.29. The van der Waals surface area contributed by atoms with Crippen molar-refractivity contribution in [1.29, 1.82) is 0 Å². The van der Waals surface area contributed by atoms with E-state index in [-0.39, 0.29) is 30.3 Å². The highest BCUT2D eigenvalue weighted by molar-refractivity contribution is 7.89. The van der Waals surface area contributed by atoms with Crippen LogP contribution in [0.2, 0.25) is 0 Å². The maximum absolute atomic E-state index is 13.5. The van der Waals surface area contributed by atoms with Crippen LogP contribution < -0.4 is 15.4 Å². The second-order valence-corrected chi connectivity index (χ2v) is 12.9. The molecule has 0 aliphatic heterocycles. The van der Waals surface area contributed by atoms with Crippen LogP contribution >= 0.6 is 0 Å². The molecule has 1 aliphatic rings. The molecular weight excluding hydrogens is 560 g/mol. The zero-order valence-corrected chi connectivity index (χ0v) is 25.0. The van der Waals surface area contributed by atoms with E-state index in [2.05, 4.69) is 20.5 Å². The number of nitrogens with one attached hydrogen (secondary N) is 3. The van der Waals surface area contributed by atoms with Crippen LogP contribution in [-0.4, -0.2) is 55.4 Å². The summed E-state index contributed by atoms with van der Waals surface area (Å²) in [6.45, 7) is 3.14. The standard InChI is InChI=1S/C30H42N4O7S/c1-3-20(2)28(34-30(37)38)29(36)33-25(17-22-9-5-4-6-10-22)26(35)19-32-42(40,41)27-14-13-23(18-31-39)16-24(27)15-21-11-7-8-12-21/h4-6,9-10,13-14,16,20-21,25-26,28,32,34-35H,3,7-8,11-12,15,17-19H2,1-2H3,(H,33,36)(H,37,38)/t20-,25-,26+,28-/m0/s1. The summed E-state index contributed by atoms with van der Waals surface area (Å²) in [6, 6.07) is 11.9. The van der Waals surface area contributed by atoms with Gasteiger partial charge in [0.2, 0.25) is 15.9 Å². The van der Waals surface area contributed by atoms with Crippen molar-refractivity contribution in [3.8, 4) is 0 Å². The molecule has 0 bridgehead atoms. The molecule has 0 spiro atoms. The second kappa shape index (κ2) is 15.8. The molecular formula is C30H42N4O7S. The number of nitrogens with zero attached hydrogens (tertiary/aromatic N) is 1. The van der Waals surface area contributed by atoms with E-state index < -0.39 is 40.2 Å². The largest absolute Gasteiger partial charge is 0.465 e.